The lowest BCUT2D eigenvalue weighted by molar-refractivity contribution is -0.118. The second-order valence-corrected chi connectivity index (χ2v) is 6.77. The van der Waals surface area contributed by atoms with Crippen LogP contribution in [0, 0.1) is 19.7 Å². The van der Waals surface area contributed by atoms with Gasteiger partial charge in [0.1, 0.15) is 5.82 Å². The van der Waals surface area contributed by atoms with Crippen molar-refractivity contribution < 1.29 is 18.8 Å². The maximum Gasteiger partial charge on any atom is 0.299 e. The molecule has 0 fully saturated rings. The van der Waals surface area contributed by atoms with Crippen LogP contribution in [0.5, 0.6) is 0 Å². The van der Waals surface area contributed by atoms with Gasteiger partial charge in [0.2, 0.25) is 5.91 Å². The Bertz CT molecular complexity index is 1090. The zero-order valence-corrected chi connectivity index (χ0v) is 16.6. The molecular formula is C22H21FN4O3. The number of nitrogens with zero attached hydrogens (tertiary/aromatic N) is 3. The van der Waals surface area contributed by atoms with Crippen LogP contribution in [-0.4, -0.2) is 33.9 Å². The van der Waals surface area contributed by atoms with Gasteiger partial charge < -0.3 is 10.6 Å². The van der Waals surface area contributed by atoms with Crippen LogP contribution in [0.4, 0.5) is 10.1 Å². The minimum absolute atomic E-state index is 0.101. The topological polar surface area (TPSA) is 98.3 Å². The molecule has 0 spiro atoms. The fraction of sp³-hybridized carbons (Fsp3) is 0.182. The van der Waals surface area contributed by atoms with E-state index in [0.29, 0.717) is 17.1 Å². The fourth-order valence-electron chi connectivity index (χ4n) is 3.21. The Balaban J connectivity index is 1.97. The van der Waals surface area contributed by atoms with Gasteiger partial charge in [-0.2, -0.15) is 5.10 Å². The van der Waals surface area contributed by atoms with Gasteiger partial charge in [-0.15, -0.1) is 0 Å². The Morgan fingerprint density at radius 2 is 1.67 bits per heavy atom. The van der Waals surface area contributed by atoms with Crippen molar-refractivity contribution in [3.8, 4) is 5.69 Å². The van der Waals surface area contributed by atoms with Gasteiger partial charge in [-0.1, -0.05) is 18.2 Å². The monoisotopic (exact) mass is 408 g/mol. The van der Waals surface area contributed by atoms with E-state index in [4.69, 9.17) is 5.73 Å². The number of benzene rings is 2. The summed E-state index contributed by atoms with van der Waals surface area (Å²) in [7, 11) is 0. The van der Waals surface area contributed by atoms with E-state index < -0.39 is 23.4 Å². The van der Waals surface area contributed by atoms with Crippen molar-refractivity contribution in [3.05, 3.63) is 77.4 Å². The summed E-state index contributed by atoms with van der Waals surface area (Å²) in [6.07, 6.45) is -0.141. The largest absolute Gasteiger partial charge is 0.370 e. The third-order valence-electron chi connectivity index (χ3n) is 4.68. The first-order valence-corrected chi connectivity index (χ1v) is 9.31. The number of amides is 2. The molecule has 1 aromatic heterocycles. The highest BCUT2D eigenvalue weighted by Gasteiger charge is 2.30. The second kappa shape index (κ2) is 8.69. The van der Waals surface area contributed by atoms with Crippen molar-refractivity contribution in [2.45, 2.75) is 20.3 Å². The molecule has 0 unspecified atom stereocenters. The molecule has 154 valence electrons. The summed E-state index contributed by atoms with van der Waals surface area (Å²) >= 11 is 0. The SMILES string of the molecule is Cc1nn(-c2ccccc2)c(C)c1C(=O)C(=O)N(CCC(N)=O)c1ccc(F)cc1. The molecule has 30 heavy (non-hydrogen) atoms. The summed E-state index contributed by atoms with van der Waals surface area (Å²) in [6.45, 7) is 3.26. The first kappa shape index (κ1) is 20.9. The van der Waals surface area contributed by atoms with E-state index in [9.17, 15) is 18.8 Å². The average Bonchev–Trinajstić information content (AvgIpc) is 3.03. The number of aryl methyl sites for hydroxylation is 1. The first-order valence-electron chi connectivity index (χ1n) is 9.31. The molecule has 2 aromatic carbocycles. The van der Waals surface area contributed by atoms with Crippen molar-refractivity contribution in [2.24, 2.45) is 5.73 Å². The molecule has 0 radical (unpaired) electrons. The molecule has 0 aliphatic carbocycles. The zero-order valence-electron chi connectivity index (χ0n) is 16.6. The predicted octanol–water partition coefficient (Wildman–Crippen LogP) is 2.72. The van der Waals surface area contributed by atoms with E-state index in [1.165, 1.54) is 24.3 Å². The van der Waals surface area contributed by atoms with Crippen LogP contribution in [0.3, 0.4) is 0 Å². The normalized spacial score (nSPS) is 10.6. The summed E-state index contributed by atoms with van der Waals surface area (Å²) < 4.78 is 14.9. The van der Waals surface area contributed by atoms with Crippen LogP contribution < -0.4 is 10.6 Å². The van der Waals surface area contributed by atoms with Crippen molar-refractivity contribution >= 4 is 23.3 Å². The quantitative estimate of drug-likeness (QED) is 0.480. The number of carbonyl (C=O) groups excluding carboxylic acids is 3. The number of para-hydroxylation sites is 1. The van der Waals surface area contributed by atoms with Gasteiger partial charge in [-0.05, 0) is 50.2 Å². The summed E-state index contributed by atoms with van der Waals surface area (Å²) in [5.41, 5.74) is 7.38. The molecule has 0 bridgehead atoms. The van der Waals surface area contributed by atoms with Gasteiger partial charge >= 0.3 is 0 Å². The van der Waals surface area contributed by atoms with E-state index in [1.54, 1.807) is 18.5 Å². The standard InChI is InChI=1S/C22H21FN4O3/c1-14-20(15(2)27(25-14)18-6-4-3-5-7-18)21(29)22(30)26(13-12-19(24)28)17-10-8-16(23)9-11-17/h3-11H,12-13H2,1-2H3,(H2,24,28). The molecule has 1 heterocycles. The second-order valence-electron chi connectivity index (χ2n) is 6.77. The molecule has 2 N–H and O–H groups in total. The number of hydrogen-bond acceptors (Lipinski definition) is 4. The number of primary amides is 1. The number of nitrogens with two attached hydrogens (primary N) is 1. The van der Waals surface area contributed by atoms with E-state index in [-0.39, 0.29) is 18.5 Å². The number of carbonyl (C=O) groups is 3. The van der Waals surface area contributed by atoms with Gasteiger partial charge in [-0.3, -0.25) is 14.4 Å². The smallest absolute Gasteiger partial charge is 0.299 e. The number of ketones is 1. The maximum absolute atomic E-state index is 13.3. The number of aromatic nitrogens is 2. The molecular weight excluding hydrogens is 387 g/mol. The summed E-state index contributed by atoms with van der Waals surface area (Å²) in [4.78, 5) is 38.6. The lowest BCUT2D eigenvalue weighted by Gasteiger charge is -2.21. The Hall–Kier alpha value is -3.81. The molecule has 0 aliphatic rings. The minimum atomic E-state index is -0.846. The number of rotatable bonds is 7. The maximum atomic E-state index is 13.3. The molecule has 0 saturated heterocycles. The van der Waals surface area contributed by atoms with Gasteiger partial charge in [0.05, 0.1) is 22.6 Å². The van der Waals surface area contributed by atoms with Crippen molar-refractivity contribution in [1.29, 1.82) is 0 Å². The van der Waals surface area contributed by atoms with Crippen LogP contribution >= 0.6 is 0 Å². The molecule has 3 aromatic rings. The first-order chi connectivity index (χ1) is 14.3. The lowest BCUT2D eigenvalue weighted by Crippen LogP contribution is -2.39. The fourth-order valence-corrected chi connectivity index (χ4v) is 3.21. The summed E-state index contributed by atoms with van der Waals surface area (Å²) in [5.74, 6) is -2.71. The minimum Gasteiger partial charge on any atom is -0.370 e. The van der Waals surface area contributed by atoms with Crippen molar-refractivity contribution in [3.63, 3.8) is 0 Å². The van der Waals surface area contributed by atoms with Gasteiger partial charge in [0.25, 0.3) is 11.7 Å². The summed E-state index contributed by atoms with van der Waals surface area (Å²) in [5, 5.41) is 4.40. The van der Waals surface area contributed by atoms with Crippen molar-refractivity contribution in [2.75, 3.05) is 11.4 Å². The van der Waals surface area contributed by atoms with E-state index in [1.807, 2.05) is 30.3 Å². The van der Waals surface area contributed by atoms with Gasteiger partial charge in [0, 0.05) is 18.7 Å². The highest BCUT2D eigenvalue weighted by atomic mass is 19.1. The predicted molar refractivity (Wildman–Crippen MR) is 110 cm³/mol. The Kier molecular flexibility index (Phi) is 6.06. The van der Waals surface area contributed by atoms with E-state index in [0.717, 1.165) is 10.6 Å². The highest BCUT2D eigenvalue weighted by Crippen LogP contribution is 2.22. The van der Waals surface area contributed by atoms with Crippen LogP contribution in [0.25, 0.3) is 5.69 Å². The number of Topliss-reactive ketones (excluding diaryl/α,β-unsaturated/α-hetero) is 1. The molecule has 8 heteroatoms. The number of hydrogen-bond donors (Lipinski definition) is 1. The molecule has 0 atom stereocenters. The van der Waals surface area contributed by atoms with E-state index in [2.05, 4.69) is 5.10 Å². The van der Waals surface area contributed by atoms with Crippen LogP contribution in [-0.2, 0) is 9.59 Å². The molecule has 3 rings (SSSR count). The molecule has 0 saturated carbocycles. The van der Waals surface area contributed by atoms with Gasteiger partial charge in [0.15, 0.2) is 0 Å². The Morgan fingerprint density at radius 3 is 2.27 bits per heavy atom. The van der Waals surface area contributed by atoms with Crippen LogP contribution in [0.1, 0.15) is 28.2 Å². The number of anilines is 1. The Labute approximate surface area is 172 Å². The van der Waals surface area contributed by atoms with Crippen LogP contribution in [0.2, 0.25) is 0 Å². The Morgan fingerprint density at radius 1 is 1.03 bits per heavy atom. The highest BCUT2D eigenvalue weighted by molar-refractivity contribution is 6.47. The third-order valence-corrected chi connectivity index (χ3v) is 4.68. The van der Waals surface area contributed by atoms with Gasteiger partial charge in [-0.25, -0.2) is 9.07 Å². The van der Waals surface area contributed by atoms with Crippen molar-refractivity contribution in [1.82, 2.24) is 9.78 Å². The third kappa shape index (κ3) is 4.27. The molecule has 2 amide bonds. The molecule has 7 nitrogen and oxygen atoms in total. The summed E-state index contributed by atoms with van der Waals surface area (Å²) in [6, 6.07) is 14.3. The van der Waals surface area contributed by atoms with Crippen LogP contribution in [0.15, 0.2) is 54.6 Å². The van der Waals surface area contributed by atoms with E-state index >= 15 is 0 Å². The average molecular weight is 408 g/mol. The lowest BCUT2D eigenvalue weighted by atomic mass is 10.1. The molecule has 0 aliphatic heterocycles. The zero-order chi connectivity index (χ0) is 21.8. The number of halogens is 1.